The summed E-state index contributed by atoms with van der Waals surface area (Å²) in [5.41, 5.74) is 2.64. The Morgan fingerprint density at radius 1 is 1.25 bits per heavy atom. The Kier molecular flexibility index (Phi) is 6.46. The third kappa shape index (κ3) is 4.41. The van der Waals surface area contributed by atoms with Crippen molar-refractivity contribution in [3.63, 3.8) is 0 Å². The molecule has 0 saturated carbocycles. The summed E-state index contributed by atoms with van der Waals surface area (Å²) in [6.07, 6.45) is 3.46. The lowest BCUT2D eigenvalue weighted by Gasteiger charge is -2.39. The van der Waals surface area contributed by atoms with Crippen LogP contribution >= 0.6 is 11.8 Å². The molecule has 1 aromatic rings. The number of thioether (sulfide) groups is 1. The molecule has 6 heteroatoms. The van der Waals surface area contributed by atoms with Crippen LogP contribution in [0.15, 0.2) is 34.9 Å². The van der Waals surface area contributed by atoms with Gasteiger partial charge in [-0.2, -0.15) is 5.26 Å². The van der Waals surface area contributed by atoms with E-state index in [2.05, 4.69) is 25.2 Å². The third-order valence-electron chi connectivity index (χ3n) is 5.66. The predicted octanol–water partition coefficient (Wildman–Crippen LogP) is 3.86. The standard InChI is InChI=1S/C22H27N3O2S/c1-14-7-9-17(10-8-14)18-11-20(26)24-22(19(18)12-23)28-13-21(27)25-15(2)5-4-6-16(25)3/h7-10,15-16,18H,4-6,11,13H2,1-3H3,(H,24,26)/t15-,16-,18-/m0/s1. The molecule has 5 nitrogen and oxygen atoms in total. The fraction of sp³-hybridized carbons (Fsp3) is 0.500. The van der Waals surface area contributed by atoms with Crippen LogP contribution in [0.25, 0.3) is 0 Å². The highest BCUT2D eigenvalue weighted by Crippen LogP contribution is 2.36. The van der Waals surface area contributed by atoms with E-state index >= 15 is 0 Å². The van der Waals surface area contributed by atoms with E-state index in [4.69, 9.17) is 0 Å². The van der Waals surface area contributed by atoms with Gasteiger partial charge in [0.2, 0.25) is 11.8 Å². The summed E-state index contributed by atoms with van der Waals surface area (Å²) in [5.74, 6) is -0.0685. The Bertz CT molecular complexity index is 815. The molecule has 3 atom stereocenters. The quantitative estimate of drug-likeness (QED) is 0.837. The maximum Gasteiger partial charge on any atom is 0.233 e. The minimum Gasteiger partial charge on any atom is -0.337 e. The molecule has 2 aliphatic heterocycles. The number of allylic oxidation sites excluding steroid dienone is 1. The molecule has 28 heavy (non-hydrogen) atoms. The number of nitrogens with one attached hydrogen (secondary N) is 1. The second-order valence-electron chi connectivity index (χ2n) is 7.79. The average molecular weight is 398 g/mol. The highest BCUT2D eigenvalue weighted by atomic mass is 32.2. The molecule has 0 aliphatic carbocycles. The van der Waals surface area contributed by atoms with E-state index in [-0.39, 0.29) is 42.0 Å². The summed E-state index contributed by atoms with van der Waals surface area (Å²) in [6, 6.07) is 10.7. The summed E-state index contributed by atoms with van der Waals surface area (Å²) in [4.78, 5) is 27.1. The summed E-state index contributed by atoms with van der Waals surface area (Å²) < 4.78 is 0. The van der Waals surface area contributed by atoms with Crippen molar-refractivity contribution in [2.45, 2.75) is 64.5 Å². The number of amides is 2. The Labute approximate surface area is 171 Å². The number of carbonyl (C=O) groups excluding carboxylic acids is 2. The van der Waals surface area contributed by atoms with Crippen molar-refractivity contribution in [2.75, 3.05) is 5.75 Å². The first-order chi connectivity index (χ1) is 13.4. The van der Waals surface area contributed by atoms with Gasteiger partial charge in [-0.05, 0) is 45.6 Å². The Balaban J connectivity index is 1.78. The van der Waals surface area contributed by atoms with Gasteiger partial charge in [0.15, 0.2) is 0 Å². The Hall–Kier alpha value is -2.26. The van der Waals surface area contributed by atoms with Crippen molar-refractivity contribution < 1.29 is 9.59 Å². The summed E-state index contributed by atoms with van der Waals surface area (Å²) in [7, 11) is 0. The zero-order valence-corrected chi connectivity index (χ0v) is 17.5. The molecule has 0 radical (unpaired) electrons. The minimum absolute atomic E-state index is 0.0706. The van der Waals surface area contributed by atoms with Crippen molar-refractivity contribution in [3.05, 3.63) is 46.0 Å². The van der Waals surface area contributed by atoms with E-state index in [0.29, 0.717) is 10.6 Å². The largest absolute Gasteiger partial charge is 0.337 e. The molecule has 2 amide bonds. The second kappa shape index (κ2) is 8.83. The van der Waals surface area contributed by atoms with Crippen LogP contribution in [0.1, 0.15) is 56.6 Å². The number of piperidine rings is 1. The number of hydrogen-bond acceptors (Lipinski definition) is 4. The average Bonchev–Trinajstić information content (AvgIpc) is 2.66. The van der Waals surface area contributed by atoms with Crippen LogP contribution in [0.4, 0.5) is 0 Å². The van der Waals surface area contributed by atoms with Crippen molar-refractivity contribution in [1.29, 1.82) is 5.26 Å². The van der Waals surface area contributed by atoms with E-state index < -0.39 is 0 Å². The summed E-state index contributed by atoms with van der Waals surface area (Å²) in [6.45, 7) is 6.19. The first kappa shape index (κ1) is 20.5. The highest BCUT2D eigenvalue weighted by molar-refractivity contribution is 8.03. The van der Waals surface area contributed by atoms with Crippen molar-refractivity contribution in [3.8, 4) is 6.07 Å². The third-order valence-corrected chi connectivity index (χ3v) is 6.66. The second-order valence-corrected chi connectivity index (χ2v) is 8.77. The lowest BCUT2D eigenvalue weighted by Crippen LogP contribution is -2.48. The van der Waals surface area contributed by atoms with Crippen LogP contribution in [-0.4, -0.2) is 34.6 Å². The monoisotopic (exact) mass is 397 g/mol. The zero-order valence-electron chi connectivity index (χ0n) is 16.7. The highest BCUT2D eigenvalue weighted by Gasteiger charge is 2.32. The molecule has 0 spiro atoms. The predicted molar refractivity (Wildman–Crippen MR) is 111 cm³/mol. The number of hydrogen-bond donors (Lipinski definition) is 1. The summed E-state index contributed by atoms with van der Waals surface area (Å²) in [5, 5.41) is 13.1. The van der Waals surface area contributed by atoms with E-state index in [0.717, 1.165) is 30.4 Å². The van der Waals surface area contributed by atoms with Crippen LogP contribution < -0.4 is 5.32 Å². The summed E-state index contributed by atoms with van der Waals surface area (Å²) >= 11 is 1.28. The van der Waals surface area contributed by atoms with Crippen molar-refractivity contribution in [2.24, 2.45) is 0 Å². The van der Waals surface area contributed by atoms with Crippen LogP contribution in [0.2, 0.25) is 0 Å². The van der Waals surface area contributed by atoms with Gasteiger partial charge >= 0.3 is 0 Å². The first-order valence-electron chi connectivity index (χ1n) is 9.85. The van der Waals surface area contributed by atoms with E-state index in [1.165, 1.54) is 11.8 Å². The van der Waals surface area contributed by atoms with E-state index in [1.54, 1.807) is 0 Å². The van der Waals surface area contributed by atoms with E-state index in [9.17, 15) is 14.9 Å². The van der Waals surface area contributed by atoms with Gasteiger partial charge in [-0.25, -0.2) is 0 Å². The molecule has 0 unspecified atom stereocenters. The molecule has 1 fully saturated rings. The lowest BCUT2D eigenvalue weighted by molar-refractivity contribution is -0.134. The SMILES string of the molecule is Cc1ccc([C@@H]2CC(=O)NC(SCC(=O)N3[C@@H](C)CCC[C@@H]3C)=C2C#N)cc1. The van der Waals surface area contributed by atoms with Gasteiger partial charge in [-0.1, -0.05) is 41.6 Å². The number of nitrogens with zero attached hydrogens (tertiary/aromatic N) is 2. The Morgan fingerprint density at radius 3 is 2.50 bits per heavy atom. The van der Waals surface area contributed by atoms with Crippen LogP contribution in [0.5, 0.6) is 0 Å². The maximum absolute atomic E-state index is 12.8. The number of benzene rings is 1. The fourth-order valence-corrected chi connectivity index (χ4v) is 5.08. The molecule has 1 saturated heterocycles. The molecule has 1 aromatic carbocycles. The van der Waals surface area contributed by atoms with Gasteiger partial charge in [0.05, 0.1) is 22.4 Å². The van der Waals surface area contributed by atoms with Gasteiger partial charge in [0.1, 0.15) is 0 Å². The van der Waals surface area contributed by atoms with Gasteiger partial charge in [0.25, 0.3) is 0 Å². The molecule has 0 aromatic heterocycles. The number of carbonyl (C=O) groups is 2. The van der Waals surface area contributed by atoms with Gasteiger partial charge in [-0.3, -0.25) is 9.59 Å². The van der Waals surface area contributed by atoms with Gasteiger partial charge in [0, 0.05) is 24.4 Å². The number of nitriles is 1. The van der Waals surface area contributed by atoms with Crippen LogP contribution in [0, 0.1) is 18.3 Å². The molecule has 3 rings (SSSR count). The van der Waals surface area contributed by atoms with Crippen molar-refractivity contribution in [1.82, 2.24) is 10.2 Å². The topological polar surface area (TPSA) is 73.2 Å². The fourth-order valence-electron chi connectivity index (χ4n) is 4.14. The molecule has 1 N–H and O–H groups in total. The van der Waals surface area contributed by atoms with Gasteiger partial charge in [-0.15, -0.1) is 0 Å². The molecule has 0 bridgehead atoms. The maximum atomic E-state index is 12.8. The molecule has 2 heterocycles. The van der Waals surface area contributed by atoms with Crippen LogP contribution in [-0.2, 0) is 9.59 Å². The normalized spacial score (nSPS) is 25.3. The number of aryl methyl sites for hydroxylation is 1. The zero-order chi connectivity index (χ0) is 20.3. The van der Waals surface area contributed by atoms with Gasteiger partial charge < -0.3 is 10.2 Å². The van der Waals surface area contributed by atoms with Crippen molar-refractivity contribution >= 4 is 23.6 Å². The molecule has 148 valence electrons. The molecular formula is C22H27N3O2S. The molecule has 2 aliphatic rings. The Morgan fingerprint density at radius 2 is 1.89 bits per heavy atom. The first-order valence-corrected chi connectivity index (χ1v) is 10.8. The number of rotatable bonds is 4. The number of likely N-dealkylation sites (tertiary alicyclic amines) is 1. The lowest BCUT2D eigenvalue weighted by atomic mass is 9.87. The molecular weight excluding hydrogens is 370 g/mol. The minimum atomic E-state index is -0.259. The van der Waals surface area contributed by atoms with E-state index in [1.807, 2.05) is 36.1 Å². The smallest absolute Gasteiger partial charge is 0.233 e. The van der Waals surface area contributed by atoms with Crippen LogP contribution in [0.3, 0.4) is 0 Å².